The smallest absolute Gasteiger partial charge is 0.264 e. The number of ketones is 1. The Morgan fingerprint density at radius 1 is 1.36 bits per heavy atom. The lowest BCUT2D eigenvalue weighted by Gasteiger charge is -2.07. The maximum absolute atomic E-state index is 11.9. The van der Waals surface area contributed by atoms with Gasteiger partial charge in [-0.05, 0) is 31.0 Å². The molecule has 0 radical (unpaired) electrons. The molecule has 1 amide bonds. The van der Waals surface area contributed by atoms with E-state index >= 15 is 0 Å². The molecule has 22 heavy (non-hydrogen) atoms. The second-order valence-corrected chi connectivity index (χ2v) is 5.83. The fourth-order valence-electron chi connectivity index (χ4n) is 1.94. The van der Waals surface area contributed by atoms with E-state index in [1.54, 1.807) is 6.92 Å². The third-order valence-corrected chi connectivity index (χ3v) is 4.21. The normalized spacial score (nSPS) is 10.3. The fourth-order valence-corrected chi connectivity index (χ4v) is 2.81. The lowest BCUT2D eigenvalue weighted by Crippen LogP contribution is -2.20. The van der Waals surface area contributed by atoms with E-state index in [0.29, 0.717) is 21.5 Å². The molecule has 1 aromatic heterocycles. The van der Waals surface area contributed by atoms with E-state index < -0.39 is 0 Å². The zero-order valence-electron chi connectivity index (χ0n) is 12.8. The molecule has 116 valence electrons. The van der Waals surface area contributed by atoms with Gasteiger partial charge in [0.25, 0.3) is 5.91 Å². The monoisotopic (exact) mass is 318 g/mol. The number of benzene rings is 1. The van der Waals surface area contributed by atoms with Crippen molar-refractivity contribution in [2.24, 2.45) is 0 Å². The van der Waals surface area contributed by atoms with Gasteiger partial charge in [0.1, 0.15) is 5.75 Å². The molecule has 1 N–H and O–H groups in total. The molecule has 0 spiro atoms. The van der Waals surface area contributed by atoms with Crippen LogP contribution in [0.15, 0.2) is 24.3 Å². The highest BCUT2D eigenvalue weighted by Gasteiger charge is 2.13. The van der Waals surface area contributed by atoms with E-state index in [2.05, 4.69) is 17.2 Å². The first-order valence-electron chi connectivity index (χ1n) is 6.99. The Bertz CT molecular complexity index is 694. The topological polar surface area (TPSA) is 68.3 Å². The minimum atomic E-state index is -0.300. The number of nitrogens with one attached hydrogen (secondary N) is 1. The molecule has 0 atom stereocenters. The summed E-state index contributed by atoms with van der Waals surface area (Å²) >= 11 is 1.18. The molecule has 0 fully saturated rings. The Morgan fingerprint density at radius 3 is 2.77 bits per heavy atom. The van der Waals surface area contributed by atoms with Crippen LogP contribution in [-0.4, -0.2) is 23.3 Å². The summed E-state index contributed by atoms with van der Waals surface area (Å²) in [4.78, 5) is 28.0. The van der Waals surface area contributed by atoms with E-state index in [9.17, 15) is 9.59 Å². The van der Waals surface area contributed by atoms with Crippen molar-refractivity contribution in [1.29, 1.82) is 0 Å². The number of rotatable bonds is 6. The van der Waals surface area contributed by atoms with Crippen molar-refractivity contribution >= 4 is 28.2 Å². The first kappa shape index (κ1) is 16.2. The van der Waals surface area contributed by atoms with E-state index in [0.717, 1.165) is 12.0 Å². The van der Waals surface area contributed by atoms with Crippen LogP contribution in [0.5, 0.6) is 5.75 Å². The zero-order chi connectivity index (χ0) is 16.1. The Hall–Kier alpha value is -2.21. The number of Topliss-reactive ketones (excluding diaryl/α,β-unsaturated/α-hetero) is 1. The Balaban J connectivity index is 1.92. The molecule has 1 aromatic carbocycles. The van der Waals surface area contributed by atoms with Gasteiger partial charge in [-0.15, -0.1) is 0 Å². The summed E-state index contributed by atoms with van der Waals surface area (Å²) < 4.78 is 5.46. The van der Waals surface area contributed by atoms with Crippen LogP contribution in [-0.2, 0) is 11.2 Å². The van der Waals surface area contributed by atoms with Gasteiger partial charge in [0.2, 0.25) is 0 Å². The van der Waals surface area contributed by atoms with Crippen molar-refractivity contribution in [3.8, 4) is 5.75 Å². The highest BCUT2D eigenvalue weighted by Crippen LogP contribution is 2.22. The first-order chi connectivity index (χ1) is 10.5. The Morgan fingerprint density at radius 2 is 2.14 bits per heavy atom. The van der Waals surface area contributed by atoms with Gasteiger partial charge in [0.15, 0.2) is 17.5 Å². The third-order valence-electron chi connectivity index (χ3n) is 3.04. The molecule has 0 aliphatic carbocycles. The van der Waals surface area contributed by atoms with E-state index in [4.69, 9.17) is 4.74 Å². The molecule has 0 aliphatic rings. The van der Waals surface area contributed by atoms with E-state index in [1.165, 1.54) is 18.3 Å². The largest absolute Gasteiger partial charge is 0.484 e. The number of hydrogen-bond donors (Lipinski definition) is 1. The van der Waals surface area contributed by atoms with Crippen molar-refractivity contribution in [3.05, 3.63) is 40.4 Å². The van der Waals surface area contributed by atoms with Crippen LogP contribution < -0.4 is 10.1 Å². The molecule has 6 heteroatoms. The van der Waals surface area contributed by atoms with Gasteiger partial charge in [0.05, 0.1) is 10.6 Å². The van der Waals surface area contributed by atoms with Gasteiger partial charge in [-0.25, -0.2) is 4.98 Å². The number of amides is 1. The molecular formula is C16H18N2O3S. The number of thiazole rings is 1. The molecule has 2 aromatic rings. The van der Waals surface area contributed by atoms with Crippen molar-refractivity contribution in [1.82, 2.24) is 4.98 Å². The van der Waals surface area contributed by atoms with E-state index in [-0.39, 0.29) is 18.3 Å². The second-order valence-electron chi connectivity index (χ2n) is 4.83. The van der Waals surface area contributed by atoms with Crippen molar-refractivity contribution in [2.75, 3.05) is 11.9 Å². The van der Waals surface area contributed by atoms with Crippen LogP contribution in [0.25, 0.3) is 0 Å². The van der Waals surface area contributed by atoms with Crippen LogP contribution in [0, 0.1) is 6.92 Å². The van der Waals surface area contributed by atoms with Crippen molar-refractivity contribution in [3.63, 3.8) is 0 Å². The van der Waals surface area contributed by atoms with Crippen molar-refractivity contribution < 1.29 is 14.3 Å². The Kier molecular flexibility index (Phi) is 5.27. The molecule has 0 saturated carbocycles. The lowest BCUT2D eigenvalue weighted by atomic mass is 10.2. The third kappa shape index (κ3) is 4.14. The molecule has 0 unspecified atom stereocenters. The van der Waals surface area contributed by atoms with Gasteiger partial charge in [-0.2, -0.15) is 0 Å². The number of hydrogen-bond acceptors (Lipinski definition) is 5. The summed E-state index contributed by atoms with van der Waals surface area (Å²) in [5.41, 5.74) is 1.78. The minimum absolute atomic E-state index is 0.0527. The highest BCUT2D eigenvalue weighted by atomic mass is 32.1. The molecule has 0 aliphatic heterocycles. The number of carbonyl (C=O) groups is 2. The standard InChI is InChI=1S/C16H18N2O3S/c1-4-12-6-5-7-13(8-12)21-9-14(20)18-16-17-10(2)15(22-16)11(3)19/h5-8H,4,9H2,1-3H3,(H,17,18,20). The second kappa shape index (κ2) is 7.17. The van der Waals surface area contributed by atoms with Gasteiger partial charge in [-0.1, -0.05) is 30.4 Å². The number of anilines is 1. The number of aromatic nitrogens is 1. The summed E-state index contributed by atoms with van der Waals surface area (Å²) in [6, 6.07) is 7.63. The highest BCUT2D eigenvalue weighted by molar-refractivity contribution is 7.17. The minimum Gasteiger partial charge on any atom is -0.484 e. The van der Waals surface area contributed by atoms with Crippen molar-refractivity contribution in [2.45, 2.75) is 27.2 Å². The average molecular weight is 318 g/mol. The maximum Gasteiger partial charge on any atom is 0.264 e. The maximum atomic E-state index is 11.9. The van der Waals surface area contributed by atoms with Crippen LogP contribution in [0.4, 0.5) is 5.13 Å². The Labute approximate surface area is 133 Å². The number of nitrogens with zero attached hydrogens (tertiary/aromatic N) is 1. The summed E-state index contributed by atoms with van der Waals surface area (Å²) in [6.45, 7) is 5.19. The number of carbonyl (C=O) groups excluding carboxylic acids is 2. The number of aryl methyl sites for hydroxylation is 2. The predicted octanol–water partition coefficient (Wildman–Crippen LogP) is 3.23. The van der Waals surface area contributed by atoms with Crippen LogP contribution in [0.1, 0.15) is 34.8 Å². The van der Waals surface area contributed by atoms with E-state index in [1.807, 2.05) is 24.3 Å². The van der Waals surface area contributed by atoms with Gasteiger partial charge < -0.3 is 4.74 Å². The molecule has 0 saturated heterocycles. The zero-order valence-corrected chi connectivity index (χ0v) is 13.6. The molecule has 2 rings (SSSR count). The van der Waals surface area contributed by atoms with Crippen LogP contribution in [0.2, 0.25) is 0 Å². The summed E-state index contributed by atoms with van der Waals surface area (Å²) in [5, 5.41) is 3.06. The summed E-state index contributed by atoms with van der Waals surface area (Å²) in [6.07, 6.45) is 0.912. The summed E-state index contributed by atoms with van der Waals surface area (Å²) in [5.74, 6) is 0.308. The van der Waals surface area contributed by atoms with Crippen LogP contribution >= 0.6 is 11.3 Å². The number of ether oxygens (including phenoxy) is 1. The SMILES string of the molecule is CCc1cccc(OCC(=O)Nc2nc(C)c(C(C)=O)s2)c1. The quantitative estimate of drug-likeness (QED) is 0.830. The van der Waals surface area contributed by atoms with Gasteiger partial charge >= 0.3 is 0 Å². The predicted molar refractivity (Wildman–Crippen MR) is 86.8 cm³/mol. The van der Waals surface area contributed by atoms with Gasteiger partial charge in [-0.3, -0.25) is 14.9 Å². The fraction of sp³-hybridized carbons (Fsp3) is 0.312. The lowest BCUT2D eigenvalue weighted by molar-refractivity contribution is -0.118. The average Bonchev–Trinajstić information content (AvgIpc) is 2.86. The molecule has 1 heterocycles. The van der Waals surface area contributed by atoms with Gasteiger partial charge in [0, 0.05) is 6.92 Å². The molecular weight excluding hydrogens is 300 g/mol. The summed E-state index contributed by atoms with van der Waals surface area (Å²) in [7, 11) is 0. The molecule has 5 nitrogen and oxygen atoms in total. The van der Waals surface area contributed by atoms with Crippen LogP contribution in [0.3, 0.4) is 0 Å². The first-order valence-corrected chi connectivity index (χ1v) is 7.81. The molecule has 0 bridgehead atoms.